The molecule has 20 heavy (non-hydrogen) atoms. The quantitative estimate of drug-likeness (QED) is 0.905. The van der Waals surface area contributed by atoms with Crippen LogP contribution in [0.2, 0.25) is 0 Å². The fourth-order valence-corrected chi connectivity index (χ4v) is 2.52. The number of aromatic nitrogens is 1. The lowest BCUT2D eigenvalue weighted by atomic mass is 10.1. The molecule has 2 atom stereocenters. The Morgan fingerprint density at radius 1 is 1.45 bits per heavy atom. The van der Waals surface area contributed by atoms with E-state index in [2.05, 4.69) is 10.3 Å². The van der Waals surface area contributed by atoms with Gasteiger partial charge in [-0.2, -0.15) is 0 Å². The summed E-state index contributed by atoms with van der Waals surface area (Å²) in [6, 6.07) is 3.32. The number of rotatable bonds is 4. The van der Waals surface area contributed by atoms with Crippen LogP contribution in [0.4, 0.5) is 0 Å². The van der Waals surface area contributed by atoms with Gasteiger partial charge in [-0.15, -0.1) is 0 Å². The second-order valence-electron chi connectivity index (χ2n) is 5.29. The van der Waals surface area contributed by atoms with Crippen molar-refractivity contribution >= 4 is 11.8 Å². The van der Waals surface area contributed by atoms with Gasteiger partial charge in [0.15, 0.2) is 0 Å². The van der Waals surface area contributed by atoms with Crippen LogP contribution in [0.15, 0.2) is 24.5 Å². The van der Waals surface area contributed by atoms with Crippen LogP contribution in [0.5, 0.6) is 0 Å². The Morgan fingerprint density at radius 3 is 2.90 bits per heavy atom. The highest BCUT2D eigenvalue weighted by molar-refractivity contribution is 5.90. The monoisotopic (exact) mass is 275 g/mol. The highest BCUT2D eigenvalue weighted by Crippen LogP contribution is 2.17. The molecule has 0 aliphatic carbocycles. The molecule has 2 rings (SSSR count). The summed E-state index contributed by atoms with van der Waals surface area (Å²) in [6.45, 7) is 4.43. The lowest BCUT2D eigenvalue weighted by Crippen LogP contribution is -2.45. The van der Waals surface area contributed by atoms with E-state index in [-0.39, 0.29) is 17.9 Å². The standard InChI is InChI=1S/C15H21N3O2/c1-3-5-13-15(20)18(11(2)8-14(19)17-13)10-12-6-4-7-16-9-12/h4,6-7,9,11,13H,3,5,8,10H2,1-2H3,(H,17,19). The molecule has 2 heterocycles. The van der Waals surface area contributed by atoms with Crippen molar-refractivity contribution in [1.82, 2.24) is 15.2 Å². The van der Waals surface area contributed by atoms with Crippen molar-refractivity contribution in [3.63, 3.8) is 0 Å². The third kappa shape index (κ3) is 3.35. The van der Waals surface area contributed by atoms with Gasteiger partial charge < -0.3 is 10.2 Å². The van der Waals surface area contributed by atoms with Gasteiger partial charge in [-0.1, -0.05) is 19.4 Å². The minimum atomic E-state index is -0.394. The molecule has 0 aromatic carbocycles. The molecule has 2 amide bonds. The van der Waals surface area contributed by atoms with Crippen molar-refractivity contribution in [2.24, 2.45) is 0 Å². The summed E-state index contributed by atoms with van der Waals surface area (Å²) in [5, 5.41) is 2.83. The summed E-state index contributed by atoms with van der Waals surface area (Å²) in [4.78, 5) is 30.3. The molecule has 0 bridgehead atoms. The first-order valence-electron chi connectivity index (χ1n) is 7.10. The van der Waals surface area contributed by atoms with E-state index in [1.54, 1.807) is 17.3 Å². The Hall–Kier alpha value is -1.91. The molecule has 108 valence electrons. The van der Waals surface area contributed by atoms with Gasteiger partial charge in [0, 0.05) is 31.4 Å². The van der Waals surface area contributed by atoms with Crippen molar-refractivity contribution in [2.75, 3.05) is 0 Å². The van der Waals surface area contributed by atoms with Crippen molar-refractivity contribution < 1.29 is 9.59 Å². The Labute approximate surface area is 119 Å². The fraction of sp³-hybridized carbons (Fsp3) is 0.533. The van der Waals surface area contributed by atoms with Crippen LogP contribution in [0.3, 0.4) is 0 Å². The number of pyridine rings is 1. The van der Waals surface area contributed by atoms with Crippen LogP contribution in [0, 0.1) is 0 Å². The summed E-state index contributed by atoms with van der Waals surface area (Å²) < 4.78 is 0. The summed E-state index contributed by atoms with van der Waals surface area (Å²) in [5.41, 5.74) is 0.984. The number of hydrogen-bond acceptors (Lipinski definition) is 3. The maximum Gasteiger partial charge on any atom is 0.245 e. The molecule has 2 unspecified atom stereocenters. The second-order valence-corrected chi connectivity index (χ2v) is 5.29. The molecular weight excluding hydrogens is 254 g/mol. The van der Waals surface area contributed by atoms with E-state index in [0.717, 1.165) is 12.0 Å². The summed E-state index contributed by atoms with van der Waals surface area (Å²) in [7, 11) is 0. The highest BCUT2D eigenvalue weighted by Gasteiger charge is 2.33. The van der Waals surface area contributed by atoms with E-state index in [0.29, 0.717) is 19.4 Å². The molecule has 0 radical (unpaired) electrons. The van der Waals surface area contributed by atoms with Gasteiger partial charge in [-0.25, -0.2) is 0 Å². The normalized spacial score (nSPS) is 23.4. The first kappa shape index (κ1) is 14.5. The molecule has 1 saturated heterocycles. The SMILES string of the molecule is CCCC1NC(=O)CC(C)N(Cc2cccnc2)C1=O. The van der Waals surface area contributed by atoms with Gasteiger partial charge >= 0.3 is 0 Å². The number of carbonyl (C=O) groups is 2. The van der Waals surface area contributed by atoms with Crippen LogP contribution in [-0.4, -0.2) is 33.8 Å². The van der Waals surface area contributed by atoms with Crippen molar-refractivity contribution in [2.45, 2.75) is 51.7 Å². The topological polar surface area (TPSA) is 62.3 Å². The molecule has 0 saturated carbocycles. The van der Waals surface area contributed by atoms with E-state index in [4.69, 9.17) is 0 Å². The molecule has 1 aromatic rings. The highest BCUT2D eigenvalue weighted by atomic mass is 16.2. The Bertz CT molecular complexity index is 475. The molecule has 1 aromatic heterocycles. The smallest absolute Gasteiger partial charge is 0.245 e. The van der Waals surface area contributed by atoms with E-state index >= 15 is 0 Å². The Morgan fingerprint density at radius 2 is 2.25 bits per heavy atom. The Kier molecular flexibility index (Phi) is 4.71. The predicted octanol–water partition coefficient (Wildman–Crippen LogP) is 1.49. The number of amides is 2. The maximum atomic E-state index is 12.6. The molecule has 1 aliphatic heterocycles. The minimum absolute atomic E-state index is 0.00838. The van der Waals surface area contributed by atoms with Gasteiger partial charge in [-0.3, -0.25) is 14.6 Å². The second kappa shape index (κ2) is 6.50. The van der Waals surface area contributed by atoms with Gasteiger partial charge in [0.25, 0.3) is 0 Å². The molecule has 1 aliphatic rings. The van der Waals surface area contributed by atoms with Crippen LogP contribution in [0.1, 0.15) is 38.7 Å². The zero-order valence-electron chi connectivity index (χ0n) is 12.0. The third-order valence-corrected chi connectivity index (χ3v) is 3.58. The summed E-state index contributed by atoms with van der Waals surface area (Å²) in [6.07, 6.45) is 5.37. The minimum Gasteiger partial charge on any atom is -0.344 e. The summed E-state index contributed by atoms with van der Waals surface area (Å²) in [5.74, 6) is -0.0351. The van der Waals surface area contributed by atoms with Gasteiger partial charge in [0.1, 0.15) is 6.04 Å². The molecular formula is C15H21N3O2. The van der Waals surface area contributed by atoms with Crippen molar-refractivity contribution in [3.8, 4) is 0 Å². The molecule has 0 spiro atoms. The van der Waals surface area contributed by atoms with Crippen molar-refractivity contribution in [1.29, 1.82) is 0 Å². The van der Waals surface area contributed by atoms with Crippen molar-refractivity contribution in [3.05, 3.63) is 30.1 Å². The van der Waals surface area contributed by atoms with E-state index in [1.165, 1.54) is 0 Å². The number of carbonyl (C=O) groups excluding carboxylic acids is 2. The average Bonchev–Trinajstić information content (AvgIpc) is 2.52. The predicted molar refractivity (Wildman–Crippen MR) is 75.7 cm³/mol. The maximum absolute atomic E-state index is 12.6. The van der Waals surface area contributed by atoms with Gasteiger partial charge in [-0.05, 0) is 25.0 Å². The number of nitrogens with zero attached hydrogens (tertiary/aromatic N) is 2. The van der Waals surface area contributed by atoms with Crippen LogP contribution in [-0.2, 0) is 16.1 Å². The molecule has 5 heteroatoms. The number of nitrogens with one attached hydrogen (secondary N) is 1. The fourth-order valence-electron chi connectivity index (χ4n) is 2.52. The first-order valence-corrected chi connectivity index (χ1v) is 7.10. The van der Waals surface area contributed by atoms with E-state index < -0.39 is 6.04 Å². The van der Waals surface area contributed by atoms with Crippen LogP contribution in [0.25, 0.3) is 0 Å². The van der Waals surface area contributed by atoms with Crippen LogP contribution >= 0.6 is 0 Å². The average molecular weight is 275 g/mol. The summed E-state index contributed by atoms with van der Waals surface area (Å²) >= 11 is 0. The first-order chi connectivity index (χ1) is 9.61. The van der Waals surface area contributed by atoms with Gasteiger partial charge in [0.05, 0.1) is 0 Å². The van der Waals surface area contributed by atoms with Crippen LogP contribution < -0.4 is 5.32 Å². The van der Waals surface area contributed by atoms with Gasteiger partial charge in [0.2, 0.25) is 11.8 Å². The van der Waals surface area contributed by atoms with E-state index in [9.17, 15) is 9.59 Å². The molecule has 1 fully saturated rings. The van der Waals surface area contributed by atoms with E-state index in [1.807, 2.05) is 26.0 Å². The molecule has 5 nitrogen and oxygen atoms in total. The largest absolute Gasteiger partial charge is 0.344 e. The zero-order chi connectivity index (χ0) is 14.5. The number of hydrogen-bond donors (Lipinski definition) is 1. The zero-order valence-corrected chi connectivity index (χ0v) is 12.0. The third-order valence-electron chi connectivity index (χ3n) is 3.58. The Balaban J connectivity index is 2.19. The molecule has 1 N–H and O–H groups in total. The lowest BCUT2D eigenvalue weighted by molar-refractivity contribution is -0.135. The lowest BCUT2D eigenvalue weighted by Gasteiger charge is -2.28.